The van der Waals surface area contributed by atoms with Crippen LogP contribution in [0.2, 0.25) is 0 Å². The van der Waals surface area contributed by atoms with E-state index in [0.717, 1.165) is 29.9 Å². The molecule has 2 heterocycles. The van der Waals surface area contributed by atoms with Gasteiger partial charge in [0.25, 0.3) is 0 Å². The summed E-state index contributed by atoms with van der Waals surface area (Å²) in [6, 6.07) is 12.4. The number of benzene rings is 1. The molecule has 0 radical (unpaired) electrons. The standard InChI is InChI=1S/C22H25N5OS/c1-15-7-9-19(10-8-15)27-20(17-11-13-23-14-12-17)25-26-22(27)29-16(2)21(28)24-18-5-3-4-6-18/h7-14,16,18H,3-6H2,1-2H3,(H,24,28). The predicted octanol–water partition coefficient (Wildman–Crippen LogP) is 4.18. The summed E-state index contributed by atoms with van der Waals surface area (Å²) in [7, 11) is 0. The number of pyridine rings is 1. The summed E-state index contributed by atoms with van der Waals surface area (Å²) >= 11 is 1.44. The van der Waals surface area contributed by atoms with Crippen LogP contribution in [0.4, 0.5) is 0 Å². The Kier molecular flexibility index (Phi) is 5.94. The number of aromatic nitrogens is 4. The number of amides is 1. The van der Waals surface area contributed by atoms with Crippen molar-refractivity contribution in [3.8, 4) is 17.1 Å². The minimum absolute atomic E-state index is 0.0609. The first-order valence-corrected chi connectivity index (χ1v) is 10.9. The molecule has 3 aromatic rings. The van der Waals surface area contributed by atoms with E-state index in [9.17, 15) is 4.79 Å². The molecule has 7 heteroatoms. The van der Waals surface area contributed by atoms with E-state index in [2.05, 4.69) is 51.7 Å². The lowest BCUT2D eigenvalue weighted by molar-refractivity contribution is -0.120. The second-order valence-electron chi connectivity index (χ2n) is 7.46. The maximum Gasteiger partial charge on any atom is 0.233 e. The average molecular weight is 408 g/mol. The number of carbonyl (C=O) groups excluding carboxylic acids is 1. The molecule has 0 aliphatic heterocycles. The van der Waals surface area contributed by atoms with E-state index < -0.39 is 0 Å². The van der Waals surface area contributed by atoms with Gasteiger partial charge in [0.05, 0.1) is 5.25 Å². The second kappa shape index (κ2) is 8.78. The summed E-state index contributed by atoms with van der Waals surface area (Å²) in [6.07, 6.45) is 8.04. The number of nitrogens with zero attached hydrogens (tertiary/aromatic N) is 4. The number of carbonyl (C=O) groups is 1. The molecular formula is C22H25N5OS. The monoisotopic (exact) mass is 407 g/mol. The van der Waals surface area contributed by atoms with E-state index in [1.54, 1.807) is 12.4 Å². The smallest absolute Gasteiger partial charge is 0.233 e. The van der Waals surface area contributed by atoms with Crippen molar-refractivity contribution in [1.82, 2.24) is 25.1 Å². The van der Waals surface area contributed by atoms with Crippen molar-refractivity contribution < 1.29 is 4.79 Å². The Balaban J connectivity index is 1.63. The third-order valence-corrected chi connectivity index (χ3v) is 6.26. The van der Waals surface area contributed by atoms with Crippen molar-refractivity contribution in [2.24, 2.45) is 0 Å². The number of nitrogens with one attached hydrogen (secondary N) is 1. The Labute approximate surface area is 175 Å². The first kappa shape index (κ1) is 19.6. The van der Waals surface area contributed by atoms with E-state index in [1.807, 2.05) is 23.6 Å². The Morgan fingerprint density at radius 1 is 1.10 bits per heavy atom. The fraction of sp³-hybridized carbons (Fsp3) is 0.364. The van der Waals surface area contributed by atoms with Gasteiger partial charge in [-0.3, -0.25) is 14.3 Å². The van der Waals surface area contributed by atoms with Crippen LogP contribution in [0.5, 0.6) is 0 Å². The topological polar surface area (TPSA) is 72.7 Å². The summed E-state index contributed by atoms with van der Waals surface area (Å²) in [5.41, 5.74) is 3.09. The zero-order valence-corrected chi connectivity index (χ0v) is 17.5. The van der Waals surface area contributed by atoms with Gasteiger partial charge in [-0.2, -0.15) is 0 Å². The summed E-state index contributed by atoms with van der Waals surface area (Å²) in [5, 5.41) is 12.5. The summed E-state index contributed by atoms with van der Waals surface area (Å²) in [5.74, 6) is 0.799. The molecule has 29 heavy (non-hydrogen) atoms. The van der Waals surface area contributed by atoms with Crippen molar-refractivity contribution in [2.45, 2.75) is 56.0 Å². The van der Waals surface area contributed by atoms with E-state index in [1.165, 1.54) is 30.2 Å². The summed E-state index contributed by atoms with van der Waals surface area (Å²) in [4.78, 5) is 16.8. The lowest BCUT2D eigenvalue weighted by atomic mass is 10.2. The molecule has 1 unspecified atom stereocenters. The molecular weight excluding hydrogens is 382 g/mol. The van der Waals surface area contributed by atoms with Crippen LogP contribution in [0.15, 0.2) is 53.9 Å². The van der Waals surface area contributed by atoms with Crippen molar-refractivity contribution in [1.29, 1.82) is 0 Å². The van der Waals surface area contributed by atoms with Crippen LogP contribution in [-0.4, -0.2) is 36.9 Å². The fourth-order valence-electron chi connectivity index (χ4n) is 3.56. The maximum absolute atomic E-state index is 12.7. The van der Waals surface area contributed by atoms with Gasteiger partial charge in [-0.25, -0.2) is 0 Å². The minimum atomic E-state index is -0.255. The molecule has 0 spiro atoms. The number of rotatable bonds is 6. The van der Waals surface area contributed by atoms with E-state index >= 15 is 0 Å². The molecule has 1 fully saturated rings. The van der Waals surface area contributed by atoms with E-state index in [-0.39, 0.29) is 11.2 Å². The van der Waals surface area contributed by atoms with Gasteiger partial charge in [-0.1, -0.05) is 42.3 Å². The largest absolute Gasteiger partial charge is 0.352 e. The van der Waals surface area contributed by atoms with Crippen LogP contribution < -0.4 is 5.32 Å². The average Bonchev–Trinajstić information content (AvgIpc) is 3.39. The number of aryl methyl sites for hydroxylation is 1. The highest BCUT2D eigenvalue weighted by molar-refractivity contribution is 8.00. The quantitative estimate of drug-likeness (QED) is 0.621. The van der Waals surface area contributed by atoms with Crippen LogP contribution in [0.25, 0.3) is 17.1 Å². The van der Waals surface area contributed by atoms with Gasteiger partial charge in [-0.15, -0.1) is 10.2 Å². The van der Waals surface area contributed by atoms with Crippen molar-refractivity contribution >= 4 is 17.7 Å². The molecule has 4 rings (SSSR count). The van der Waals surface area contributed by atoms with Crippen LogP contribution in [0.3, 0.4) is 0 Å². The Bertz CT molecular complexity index is 965. The van der Waals surface area contributed by atoms with Crippen LogP contribution in [-0.2, 0) is 4.79 Å². The van der Waals surface area contributed by atoms with Gasteiger partial charge in [-0.05, 0) is 51.0 Å². The molecule has 1 aromatic carbocycles. The third kappa shape index (κ3) is 4.50. The Morgan fingerprint density at radius 2 is 1.79 bits per heavy atom. The van der Waals surface area contributed by atoms with Gasteiger partial charge in [0, 0.05) is 29.7 Å². The minimum Gasteiger partial charge on any atom is -0.352 e. The molecule has 0 saturated heterocycles. The molecule has 1 aliphatic rings. The lowest BCUT2D eigenvalue weighted by Gasteiger charge is -2.17. The molecule has 150 valence electrons. The molecule has 6 nitrogen and oxygen atoms in total. The predicted molar refractivity (Wildman–Crippen MR) is 115 cm³/mol. The van der Waals surface area contributed by atoms with E-state index in [4.69, 9.17) is 0 Å². The number of hydrogen-bond donors (Lipinski definition) is 1. The highest BCUT2D eigenvalue weighted by atomic mass is 32.2. The SMILES string of the molecule is Cc1ccc(-n2c(SC(C)C(=O)NC3CCCC3)nnc2-c2ccncc2)cc1. The van der Waals surface area contributed by atoms with Gasteiger partial charge in [0.15, 0.2) is 11.0 Å². The highest BCUT2D eigenvalue weighted by Crippen LogP contribution is 2.30. The Hall–Kier alpha value is -2.67. The fourth-order valence-corrected chi connectivity index (χ4v) is 4.44. The van der Waals surface area contributed by atoms with Crippen molar-refractivity contribution in [3.63, 3.8) is 0 Å². The van der Waals surface area contributed by atoms with Crippen molar-refractivity contribution in [2.75, 3.05) is 0 Å². The molecule has 1 amide bonds. The lowest BCUT2D eigenvalue weighted by Crippen LogP contribution is -2.37. The first-order chi connectivity index (χ1) is 14.1. The van der Waals surface area contributed by atoms with Crippen LogP contribution in [0.1, 0.15) is 38.2 Å². The van der Waals surface area contributed by atoms with E-state index in [0.29, 0.717) is 11.2 Å². The third-order valence-electron chi connectivity index (χ3n) is 5.22. The number of hydrogen-bond acceptors (Lipinski definition) is 5. The van der Waals surface area contributed by atoms with Crippen LogP contribution in [0, 0.1) is 6.92 Å². The second-order valence-corrected chi connectivity index (χ2v) is 8.77. The zero-order chi connectivity index (χ0) is 20.2. The number of thioether (sulfide) groups is 1. The van der Waals surface area contributed by atoms with Gasteiger partial charge in [0.2, 0.25) is 5.91 Å². The van der Waals surface area contributed by atoms with Crippen molar-refractivity contribution in [3.05, 3.63) is 54.4 Å². The molecule has 1 atom stereocenters. The summed E-state index contributed by atoms with van der Waals surface area (Å²) < 4.78 is 2.01. The maximum atomic E-state index is 12.7. The molecule has 2 aromatic heterocycles. The van der Waals surface area contributed by atoms with Gasteiger partial charge in [0.1, 0.15) is 0 Å². The molecule has 1 saturated carbocycles. The van der Waals surface area contributed by atoms with Gasteiger partial charge >= 0.3 is 0 Å². The normalized spacial score (nSPS) is 15.4. The Morgan fingerprint density at radius 3 is 2.48 bits per heavy atom. The first-order valence-electron chi connectivity index (χ1n) is 10.0. The van der Waals surface area contributed by atoms with Gasteiger partial charge < -0.3 is 5.32 Å². The zero-order valence-electron chi connectivity index (χ0n) is 16.7. The van der Waals surface area contributed by atoms with Crippen LogP contribution >= 0.6 is 11.8 Å². The molecule has 0 bridgehead atoms. The molecule has 1 N–H and O–H groups in total. The summed E-state index contributed by atoms with van der Waals surface area (Å²) in [6.45, 7) is 3.99. The molecule has 1 aliphatic carbocycles. The highest BCUT2D eigenvalue weighted by Gasteiger charge is 2.24.